The van der Waals surface area contributed by atoms with Crippen LogP contribution in [0.4, 0.5) is 0 Å². The van der Waals surface area contributed by atoms with E-state index < -0.39 is 5.97 Å². The number of unbranched alkanes of at least 4 members (excludes halogenated alkanes) is 19. The van der Waals surface area contributed by atoms with Gasteiger partial charge in [0.25, 0.3) is 0 Å². The number of phenols is 1. The van der Waals surface area contributed by atoms with Crippen LogP contribution in [-0.4, -0.2) is 42.7 Å². The van der Waals surface area contributed by atoms with E-state index in [9.17, 15) is 9.90 Å². The zero-order valence-corrected chi connectivity index (χ0v) is 25.8. The second-order valence-corrected chi connectivity index (χ2v) is 11.9. The predicted molar refractivity (Wildman–Crippen MR) is 163 cm³/mol. The topological polar surface area (TPSA) is 60.4 Å². The van der Waals surface area contributed by atoms with E-state index in [2.05, 4.69) is 27.9 Å². The summed E-state index contributed by atoms with van der Waals surface area (Å²) in [5, 5.41) is 19.0. The van der Waals surface area contributed by atoms with Gasteiger partial charge in [0.15, 0.2) is 0 Å². The Morgan fingerprint density at radius 3 is 1.21 bits per heavy atom. The molecular weight excluding hydrogens is 470 g/mol. The fourth-order valence-electron chi connectivity index (χ4n) is 4.99. The first-order chi connectivity index (χ1) is 18.3. The molecule has 1 N–H and O–H groups in total. The van der Waals surface area contributed by atoms with Crippen molar-refractivity contribution >= 4 is 5.97 Å². The van der Waals surface area contributed by atoms with E-state index >= 15 is 0 Å². The molecule has 0 aliphatic rings. The van der Waals surface area contributed by atoms with Crippen LogP contribution in [0.5, 0.6) is 5.75 Å². The van der Waals surface area contributed by atoms with Gasteiger partial charge in [0.2, 0.25) is 0 Å². The fourth-order valence-corrected chi connectivity index (χ4v) is 4.99. The molecule has 4 nitrogen and oxygen atoms in total. The van der Waals surface area contributed by atoms with Crippen molar-refractivity contribution < 1.29 is 19.5 Å². The lowest BCUT2D eigenvalue weighted by molar-refractivity contribution is -0.890. The van der Waals surface area contributed by atoms with Crippen molar-refractivity contribution in [2.24, 2.45) is 0 Å². The molecule has 0 aliphatic heterocycles. The zero-order chi connectivity index (χ0) is 28.3. The van der Waals surface area contributed by atoms with Gasteiger partial charge in [-0.25, -0.2) is 0 Å². The van der Waals surface area contributed by atoms with Gasteiger partial charge in [-0.3, -0.25) is 0 Å². The van der Waals surface area contributed by atoms with Crippen molar-refractivity contribution in [1.82, 2.24) is 0 Å². The number of rotatable bonds is 24. The van der Waals surface area contributed by atoms with Crippen molar-refractivity contribution in [2.75, 3.05) is 27.2 Å². The average molecular weight is 534 g/mol. The molecule has 0 unspecified atom stereocenters. The molecule has 4 heteroatoms. The van der Waals surface area contributed by atoms with Gasteiger partial charge in [-0.15, -0.1) is 0 Å². The predicted octanol–water partition coefficient (Wildman–Crippen LogP) is 9.05. The summed E-state index contributed by atoms with van der Waals surface area (Å²) in [4.78, 5) is 10.2. The third-order valence-electron chi connectivity index (χ3n) is 7.61. The van der Waals surface area contributed by atoms with Crippen LogP contribution in [0.2, 0.25) is 0 Å². The molecule has 0 saturated heterocycles. The summed E-state index contributed by atoms with van der Waals surface area (Å²) < 4.78 is 1.24. The number of carboxylic acid groups (broad SMARTS) is 1. The van der Waals surface area contributed by atoms with Crippen LogP contribution in [0.25, 0.3) is 0 Å². The molecule has 0 radical (unpaired) electrons. The summed E-state index contributed by atoms with van der Waals surface area (Å²) in [5.74, 6) is -1.62. The Labute approximate surface area is 236 Å². The highest BCUT2D eigenvalue weighted by molar-refractivity contribution is 5.88. The van der Waals surface area contributed by atoms with Gasteiger partial charge < -0.3 is 19.5 Å². The number of aromatic carboxylic acids is 1. The standard InChI is InChI=1S/C27H58N.C7H6O3/c1-5-7-9-11-13-15-17-19-21-23-25-27-28(3,4)26-24-22-20-18-16-14-12-10-8-6-2;8-6-4-2-1-3-5(6)7(9)10/h5-27H2,1-4H3;1-4,8H,(H,9,10)/q+1;/p-1. The van der Waals surface area contributed by atoms with Gasteiger partial charge in [0.05, 0.1) is 33.2 Å². The maximum Gasteiger partial charge on any atom is 0.124 e. The molecule has 0 bridgehead atoms. The lowest BCUT2D eigenvalue weighted by Crippen LogP contribution is -2.41. The second kappa shape index (κ2) is 25.7. The molecular formula is C34H63NO3. The third kappa shape index (κ3) is 23.6. The fraction of sp³-hybridized carbons (Fsp3) is 0.794. The second-order valence-electron chi connectivity index (χ2n) is 11.9. The molecule has 0 aromatic heterocycles. The van der Waals surface area contributed by atoms with Crippen molar-refractivity contribution in [2.45, 2.75) is 149 Å². The maximum absolute atomic E-state index is 10.2. The van der Waals surface area contributed by atoms with Gasteiger partial charge >= 0.3 is 0 Å². The Balaban J connectivity index is 0.00000113. The number of hydrogen-bond acceptors (Lipinski definition) is 3. The Morgan fingerprint density at radius 1 is 0.605 bits per heavy atom. The number of para-hydroxylation sites is 1. The SMILES string of the molecule is CCCCCCCCCCCCC[N+](C)(C)CCCCCCCCCCCC.O=C([O-])c1ccccc1O. The molecule has 0 saturated carbocycles. The normalized spacial score (nSPS) is 11.3. The molecule has 0 atom stereocenters. The molecule has 38 heavy (non-hydrogen) atoms. The Hall–Kier alpha value is -1.55. The minimum Gasteiger partial charge on any atom is -0.545 e. The van der Waals surface area contributed by atoms with Crippen molar-refractivity contribution in [3.8, 4) is 5.75 Å². The Morgan fingerprint density at radius 2 is 0.921 bits per heavy atom. The zero-order valence-electron chi connectivity index (χ0n) is 25.8. The summed E-state index contributed by atoms with van der Waals surface area (Å²) in [5.41, 5.74) is -0.178. The van der Waals surface area contributed by atoms with E-state index in [-0.39, 0.29) is 11.3 Å². The van der Waals surface area contributed by atoms with Gasteiger partial charge in [-0.2, -0.15) is 0 Å². The summed E-state index contributed by atoms with van der Waals surface area (Å²) in [6.45, 7) is 7.37. The molecule has 0 fully saturated rings. The van der Waals surface area contributed by atoms with Crippen molar-refractivity contribution in [3.63, 3.8) is 0 Å². The van der Waals surface area contributed by atoms with Gasteiger partial charge in [0.1, 0.15) is 5.75 Å². The molecule has 0 spiro atoms. The van der Waals surface area contributed by atoms with E-state index in [1.165, 1.54) is 171 Å². The number of hydrogen-bond donors (Lipinski definition) is 1. The molecule has 1 rings (SSSR count). The molecule has 0 amide bonds. The van der Waals surface area contributed by atoms with Crippen LogP contribution in [-0.2, 0) is 0 Å². The lowest BCUT2D eigenvalue weighted by atomic mass is 10.1. The number of carboxylic acids is 1. The summed E-state index contributed by atoms with van der Waals surface area (Å²) in [7, 11) is 4.90. The van der Waals surface area contributed by atoms with Gasteiger partial charge in [-0.1, -0.05) is 135 Å². The highest BCUT2D eigenvalue weighted by Crippen LogP contribution is 2.15. The number of quaternary nitrogens is 1. The lowest BCUT2D eigenvalue weighted by Gasteiger charge is -2.30. The largest absolute Gasteiger partial charge is 0.545 e. The number of aromatic hydroxyl groups is 1. The maximum atomic E-state index is 10.2. The van der Waals surface area contributed by atoms with E-state index in [0.29, 0.717) is 0 Å². The molecule has 0 heterocycles. The number of carbonyl (C=O) groups is 1. The third-order valence-corrected chi connectivity index (χ3v) is 7.61. The first kappa shape index (κ1) is 36.5. The van der Waals surface area contributed by atoms with Crippen LogP contribution in [0.15, 0.2) is 24.3 Å². The van der Waals surface area contributed by atoms with Crippen molar-refractivity contribution in [1.29, 1.82) is 0 Å². The summed E-state index contributed by atoms with van der Waals surface area (Å²) in [6, 6.07) is 5.64. The highest BCUT2D eigenvalue weighted by atomic mass is 16.4. The van der Waals surface area contributed by atoms with Crippen LogP contribution in [0, 0.1) is 0 Å². The van der Waals surface area contributed by atoms with E-state index in [1.54, 1.807) is 6.07 Å². The van der Waals surface area contributed by atoms with Gasteiger partial charge in [0, 0.05) is 5.56 Å². The van der Waals surface area contributed by atoms with E-state index in [4.69, 9.17) is 5.11 Å². The quantitative estimate of drug-likeness (QED) is 0.106. The first-order valence-corrected chi connectivity index (χ1v) is 16.2. The van der Waals surface area contributed by atoms with Gasteiger partial charge in [-0.05, 0) is 37.8 Å². The first-order valence-electron chi connectivity index (χ1n) is 16.2. The van der Waals surface area contributed by atoms with Crippen LogP contribution >= 0.6 is 0 Å². The van der Waals surface area contributed by atoms with Crippen LogP contribution < -0.4 is 5.11 Å². The smallest absolute Gasteiger partial charge is 0.124 e. The number of nitrogens with zero attached hydrogens (tertiary/aromatic N) is 1. The van der Waals surface area contributed by atoms with Crippen LogP contribution in [0.3, 0.4) is 0 Å². The Kier molecular flexibility index (Phi) is 24.7. The number of benzene rings is 1. The minimum atomic E-state index is -1.36. The summed E-state index contributed by atoms with van der Waals surface area (Å²) in [6.07, 6.45) is 30.5. The molecule has 1 aromatic carbocycles. The molecule has 0 aliphatic carbocycles. The highest BCUT2D eigenvalue weighted by Gasteiger charge is 2.13. The van der Waals surface area contributed by atoms with Crippen molar-refractivity contribution in [3.05, 3.63) is 29.8 Å². The monoisotopic (exact) mass is 533 g/mol. The Bertz CT molecular complexity index is 659. The van der Waals surface area contributed by atoms with Crippen LogP contribution in [0.1, 0.15) is 159 Å². The van der Waals surface area contributed by atoms with E-state index in [0.717, 1.165) is 0 Å². The molecule has 222 valence electrons. The average Bonchev–Trinajstić information content (AvgIpc) is 2.89. The van der Waals surface area contributed by atoms with E-state index in [1.807, 2.05) is 0 Å². The minimum absolute atomic E-state index is 0.178. The number of carbonyl (C=O) groups excluding carboxylic acids is 1. The molecule has 1 aromatic rings. The summed E-state index contributed by atoms with van der Waals surface area (Å²) >= 11 is 0.